The van der Waals surface area contributed by atoms with Gasteiger partial charge in [-0.2, -0.15) is 0 Å². The molecule has 3 heteroatoms. The normalized spacial score (nSPS) is 29.4. The summed E-state index contributed by atoms with van der Waals surface area (Å²) < 4.78 is 4.92. The van der Waals surface area contributed by atoms with E-state index < -0.39 is 6.10 Å². The first-order chi connectivity index (χ1) is 5.59. The number of carbonyl (C=O) groups excluding carboxylic acids is 1. The van der Waals surface area contributed by atoms with Gasteiger partial charge < -0.3 is 9.84 Å². The fourth-order valence-corrected chi connectivity index (χ4v) is 1.36. The van der Waals surface area contributed by atoms with Crippen molar-refractivity contribution in [2.45, 2.75) is 38.9 Å². The summed E-state index contributed by atoms with van der Waals surface area (Å²) in [7, 11) is 0. The highest BCUT2D eigenvalue weighted by atomic mass is 16.6. The monoisotopic (exact) mass is 170 g/mol. The Morgan fingerprint density at radius 3 is 2.92 bits per heavy atom. The number of carbonyl (C=O) groups is 1. The molecule has 0 spiro atoms. The van der Waals surface area contributed by atoms with Gasteiger partial charge in [0.25, 0.3) is 0 Å². The van der Waals surface area contributed by atoms with Crippen LogP contribution in [0.15, 0.2) is 11.6 Å². The molecule has 0 fully saturated rings. The summed E-state index contributed by atoms with van der Waals surface area (Å²) in [6.07, 6.45) is 2.37. The Bertz CT molecular complexity index is 208. The number of aliphatic hydroxyl groups is 1. The zero-order valence-electron chi connectivity index (χ0n) is 7.41. The zero-order chi connectivity index (χ0) is 9.14. The van der Waals surface area contributed by atoms with E-state index >= 15 is 0 Å². The van der Waals surface area contributed by atoms with Crippen LogP contribution in [0.4, 0.5) is 0 Å². The van der Waals surface area contributed by atoms with Gasteiger partial charge in [0, 0.05) is 13.3 Å². The number of rotatable bonds is 1. The van der Waals surface area contributed by atoms with Gasteiger partial charge in [-0.25, -0.2) is 0 Å². The lowest BCUT2D eigenvalue weighted by atomic mass is 9.95. The van der Waals surface area contributed by atoms with Crippen molar-refractivity contribution >= 4 is 5.97 Å². The summed E-state index contributed by atoms with van der Waals surface area (Å²) >= 11 is 0. The third kappa shape index (κ3) is 2.34. The fraction of sp³-hybridized carbons (Fsp3) is 0.667. The molecule has 0 aromatic rings. The minimum Gasteiger partial charge on any atom is -0.459 e. The molecule has 0 radical (unpaired) electrons. The molecule has 0 bridgehead atoms. The largest absolute Gasteiger partial charge is 0.459 e. The molecule has 12 heavy (non-hydrogen) atoms. The number of hydrogen-bond donors (Lipinski definition) is 1. The van der Waals surface area contributed by atoms with E-state index in [0.29, 0.717) is 12.8 Å². The maximum Gasteiger partial charge on any atom is 0.303 e. The Labute approximate surface area is 72.0 Å². The second-order valence-corrected chi connectivity index (χ2v) is 3.21. The summed E-state index contributed by atoms with van der Waals surface area (Å²) in [6, 6.07) is 0. The predicted molar refractivity (Wildman–Crippen MR) is 44.6 cm³/mol. The van der Waals surface area contributed by atoms with Crippen molar-refractivity contribution in [3.05, 3.63) is 11.6 Å². The van der Waals surface area contributed by atoms with Crippen LogP contribution >= 0.6 is 0 Å². The Kier molecular flexibility index (Phi) is 2.87. The van der Waals surface area contributed by atoms with Crippen LogP contribution < -0.4 is 0 Å². The lowest BCUT2D eigenvalue weighted by Gasteiger charge is -2.25. The van der Waals surface area contributed by atoms with Gasteiger partial charge in [-0.15, -0.1) is 0 Å². The average molecular weight is 170 g/mol. The van der Waals surface area contributed by atoms with E-state index in [9.17, 15) is 9.90 Å². The first-order valence-corrected chi connectivity index (χ1v) is 4.10. The van der Waals surface area contributed by atoms with Crippen LogP contribution in [-0.2, 0) is 9.53 Å². The van der Waals surface area contributed by atoms with Crippen LogP contribution in [0, 0.1) is 0 Å². The van der Waals surface area contributed by atoms with E-state index in [1.54, 1.807) is 0 Å². The number of aliphatic hydroxyl groups excluding tert-OH is 1. The fourth-order valence-electron chi connectivity index (χ4n) is 1.36. The van der Waals surface area contributed by atoms with Gasteiger partial charge in [0.2, 0.25) is 0 Å². The molecule has 0 saturated carbocycles. The number of esters is 1. The minimum atomic E-state index is -0.529. The van der Waals surface area contributed by atoms with E-state index in [4.69, 9.17) is 4.74 Å². The topological polar surface area (TPSA) is 46.5 Å². The maximum atomic E-state index is 10.6. The minimum absolute atomic E-state index is 0.327. The second kappa shape index (κ2) is 3.72. The quantitative estimate of drug-likeness (QED) is 0.472. The Balaban J connectivity index is 2.51. The number of hydrogen-bond acceptors (Lipinski definition) is 3. The highest BCUT2D eigenvalue weighted by Gasteiger charge is 2.24. The molecule has 2 atom stereocenters. The molecule has 68 valence electrons. The molecule has 2 unspecified atom stereocenters. The summed E-state index contributed by atoms with van der Waals surface area (Å²) in [6.45, 7) is 3.32. The molecule has 3 nitrogen and oxygen atoms in total. The van der Waals surface area contributed by atoms with Crippen molar-refractivity contribution in [2.75, 3.05) is 0 Å². The lowest BCUT2D eigenvalue weighted by Crippen LogP contribution is -2.32. The molecular weight excluding hydrogens is 156 g/mol. The van der Waals surface area contributed by atoms with Crippen LogP contribution in [0.5, 0.6) is 0 Å². The molecule has 1 rings (SSSR count). The van der Waals surface area contributed by atoms with Crippen LogP contribution in [0.1, 0.15) is 26.7 Å². The third-order valence-corrected chi connectivity index (χ3v) is 1.98. The average Bonchev–Trinajstić information content (AvgIpc) is 1.94. The van der Waals surface area contributed by atoms with E-state index in [1.807, 2.05) is 13.0 Å². The molecule has 0 heterocycles. The summed E-state index contributed by atoms with van der Waals surface area (Å²) in [5, 5.41) is 9.47. The van der Waals surface area contributed by atoms with Crippen molar-refractivity contribution in [3.8, 4) is 0 Å². The van der Waals surface area contributed by atoms with Crippen molar-refractivity contribution in [3.63, 3.8) is 0 Å². The van der Waals surface area contributed by atoms with Crippen LogP contribution in [0.25, 0.3) is 0 Å². The molecule has 0 aliphatic heterocycles. The Hall–Kier alpha value is -0.830. The van der Waals surface area contributed by atoms with Gasteiger partial charge in [0.15, 0.2) is 0 Å². The zero-order valence-corrected chi connectivity index (χ0v) is 7.41. The molecule has 0 amide bonds. The predicted octanol–water partition coefficient (Wildman–Crippen LogP) is 1.02. The van der Waals surface area contributed by atoms with Gasteiger partial charge in [-0.3, -0.25) is 4.79 Å². The van der Waals surface area contributed by atoms with Crippen LogP contribution in [0.3, 0.4) is 0 Å². The molecule has 1 aliphatic rings. The van der Waals surface area contributed by atoms with E-state index in [2.05, 4.69) is 0 Å². The van der Waals surface area contributed by atoms with Crippen LogP contribution in [0.2, 0.25) is 0 Å². The Morgan fingerprint density at radius 1 is 1.75 bits per heavy atom. The first-order valence-electron chi connectivity index (χ1n) is 4.10. The second-order valence-electron chi connectivity index (χ2n) is 3.21. The summed E-state index contributed by atoms with van der Waals surface area (Å²) in [4.78, 5) is 10.6. The maximum absolute atomic E-state index is 10.6. The SMILES string of the molecule is CC(=O)OC1CC=C(C)CC1O. The molecule has 0 aromatic carbocycles. The van der Waals surface area contributed by atoms with Gasteiger partial charge in [-0.05, 0) is 13.3 Å². The lowest BCUT2D eigenvalue weighted by molar-refractivity contribution is -0.152. The van der Waals surface area contributed by atoms with Crippen molar-refractivity contribution in [1.82, 2.24) is 0 Å². The van der Waals surface area contributed by atoms with Gasteiger partial charge >= 0.3 is 5.97 Å². The van der Waals surface area contributed by atoms with Crippen molar-refractivity contribution in [2.24, 2.45) is 0 Å². The van der Waals surface area contributed by atoms with Crippen LogP contribution in [-0.4, -0.2) is 23.3 Å². The van der Waals surface area contributed by atoms with Gasteiger partial charge in [0.05, 0.1) is 6.10 Å². The van der Waals surface area contributed by atoms with E-state index in [-0.39, 0.29) is 12.1 Å². The van der Waals surface area contributed by atoms with Crippen molar-refractivity contribution < 1.29 is 14.6 Å². The summed E-state index contributed by atoms with van der Waals surface area (Å²) in [5.74, 6) is -0.327. The number of ether oxygens (including phenoxy) is 1. The van der Waals surface area contributed by atoms with Crippen molar-refractivity contribution in [1.29, 1.82) is 0 Å². The highest BCUT2D eigenvalue weighted by molar-refractivity contribution is 5.66. The summed E-state index contributed by atoms with van der Waals surface area (Å²) in [5.41, 5.74) is 1.16. The highest BCUT2D eigenvalue weighted by Crippen LogP contribution is 2.20. The van der Waals surface area contributed by atoms with E-state index in [0.717, 1.165) is 5.57 Å². The van der Waals surface area contributed by atoms with E-state index in [1.165, 1.54) is 6.92 Å². The molecular formula is C9H14O3. The molecule has 1 N–H and O–H groups in total. The molecule has 0 saturated heterocycles. The Morgan fingerprint density at radius 2 is 2.42 bits per heavy atom. The molecule has 0 aromatic heterocycles. The third-order valence-electron chi connectivity index (χ3n) is 1.98. The molecule has 1 aliphatic carbocycles. The standard InChI is InChI=1S/C9H14O3/c1-6-3-4-9(8(11)5-6)12-7(2)10/h3,8-9,11H,4-5H2,1-2H3. The first kappa shape index (κ1) is 9.26. The van der Waals surface area contributed by atoms with Gasteiger partial charge in [0.1, 0.15) is 6.10 Å². The smallest absolute Gasteiger partial charge is 0.303 e. The van der Waals surface area contributed by atoms with Gasteiger partial charge in [-0.1, -0.05) is 11.6 Å².